The average molecular weight is 448 g/mol. The minimum Gasteiger partial charge on any atom is -0.481 e. The molecular weight excluding hydrogens is 418 g/mol. The maximum absolute atomic E-state index is 10.8. The standard InChI is InChI=1S/C25H29N5O3/c1-16-19(14-26)22-24(33-25(28-22)27-12-7-10-20(31)32)23(21(16)17-8-5-4-6-9-17)30-13-11-18(15-30)29(2)3/h4-6,8-9,18H,7,10-13,15H2,1-3H3,(H,27,28)(H,31,32)/t18-/m0/s1. The second kappa shape index (κ2) is 9.51. The monoisotopic (exact) mass is 447 g/mol. The van der Waals surface area contributed by atoms with Crippen LogP contribution in [0.2, 0.25) is 0 Å². The Hall–Kier alpha value is -3.57. The zero-order valence-electron chi connectivity index (χ0n) is 19.3. The van der Waals surface area contributed by atoms with Gasteiger partial charge in [0.05, 0.1) is 11.3 Å². The first-order chi connectivity index (χ1) is 15.9. The number of rotatable bonds is 8. The molecule has 0 unspecified atom stereocenters. The Morgan fingerprint density at radius 1 is 1.36 bits per heavy atom. The number of aromatic nitrogens is 1. The maximum Gasteiger partial charge on any atom is 0.303 e. The molecule has 8 heteroatoms. The summed E-state index contributed by atoms with van der Waals surface area (Å²) in [5.74, 6) is -0.837. The summed E-state index contributed by atoms with van der Waals surface area (Å²) >= 11 is 0. The third kappa shape index (κ3) is 4.50. The zero-order chi connectivity index (χ0) is 23.5. The van der Waals surface area contributed by atoms with Gasteiger partial charge in [0.25, 0.3) is 6.01 Å². The van der Waals surface area contributed by atoms with Gasteiger partial charge in [-0.05, 0) is 45.0 Å². The van der Waals surface area contributed by atoms with E-state index in [0.29, 0.717) is 41.7 Å². The van der Waals surface area contributed by atoms with Crippen molar-refractivity contribution >= 4 is 28.8 Å². The van der Waals surface area contributed by atoms with Crippen LogP contribution in [0.1, 0.15) is 30.4 Å². The number of hydrogen-bond acceptors (Lipinski definition) is 7. The molecule has 0 spiro atoms. The van der Waals surface area contributed by atoms with Gasteiger partial charge in [-0.3, -0.25) is 4.79 Å². The number of likely N-dealkylation sites (N-methyl/N-ethyl adjacent to an activating group) is 1. The molecule has 33 heavy (non-hydrogen) atoms. The topological polar surface area (TPSA) is 106 Å². The second-order valence-electron chi connectivity index (χ2n) is 8.67. The predicted molar refractivity (Wildman–Crippen MR) is 129 cm³/mol. The molecule has 3 aromatic rings. The maximum atomic E-state index is 10.8. The van der Waals surface area contributed by atoms with E-state index in [-0.39, 0.29) is 6.42 Å². The third-order valence-electron chi connectivity index (χ3n) is 6.29. The van der Waals surface area contributed by atoms with E-state index in [4.69, 9.17) is 9.52 Å². The molecule has 2 aromatic carbocycles. The number of hydrogen-bond donors (Lipinski definition) is 2. The van der Waals surface area contributed by atoms with Gasteiger partial charge < -0.3 is 24.6 Å². The molecule has 1 atom stereocenters. The highest BCUT2D eigenvalue weighted by atomic mass is 16.4. The highest BCUT2D eigenvalue weighted by Gasteiger charge is 2.31. The van der Waals surface area contributed by atoms with Crippen molar-refractivity contribution in [3.05, 3.63) is 41.5 Å². The second-order valence-corrected chi connectivity index (χ2v) is 8.67. The number of nitrogens with one attached hydrogen (secondary N) is 1. The van der Waals surface area contributed by atoms with E-state index in [0.717, 1.165) is 41.9 Å². The van der Waals surface area contributed by atoms with Crippen molar-refractivity contribution in [2.75, 3.05) is 43.9 Å². The summed E-state index contributed by atoms with van der Waals surface area (Å²) in [5.41, 5.74) is 5.50. The minimum atomic E-state index is -0.837. The third-order valence-corrected chi connectivity index (χ3v) is 6.29. The quantitative estimate of drug-likeness (QED) is 0.498. The summed E-state index contributed by atoms with van der Waals surface area (Å²) in [5, 5.41) is 22.0. The largest absolute Gasteiger partial charge is 0.481 e. The van der Waals surface area contributed by atoms with Crippen LogP contribution in [-0.2, 0) is 4.79 Å². The van der Waals surface area contributed by atoms with E-state index >= 15 is 0 Å². The minimum absolute atomic E-state index is 0.0683. The molecule has 2 N–H and O–H groups in total. The number of benzene rings is 2. The Morgan fingerprint density at radius 3 is 2.76 bits per heavy atom. The van der Waals surface area contributed by atoms with Gasteiger partial charge in [-0.25, -0.2) is 0 Å². The van der Waals surface area contributed by atoms with Crippen molar-refractivity contribution in [1.29, 1.82) is 5.26 Å². The Labute approximate surface area is 193 Å². The molecular formula is C25H29N5O3. The summed E-state index contributed by atoms with van der Waals surface area (Å²) in [6, 6.07) is 13.2. The van der Waals surface area contributed by atoms with Crippen LogP contribution in [0.15, 0.2) is 34.7 Å². The summed E-state index contributed by atoms with van der Waals surface area (Å²) < 4.78 is 6.20. The van der Waals surface area contributed by atoms with E-state index in [9.17, 15) is 10.1 Å². The van der Waals surface area contributed by atoms with Crippen LogP contribution in [0.3, 0.4) is 0 Å². The van der Waals surface area contributed by atoms with Gasteiger partial charge in [-0.1, -0.05) is 30.3 Å². The lowest BCUT2D eigenvalue weighted by Crippen LogP contribution is -2.31. The first kappa shape index (κ1) is 22.6. The molecule has 1 aliphatic heterocycles. The van der Waals surface area contributed by atoms with Crippen LogP contribution in [-0.4, -0.2) is 60.7 Å². The lowest BCUT2D eigenvalue weighted by atomic mass is 9.93. The Morgan fingerprint density at radius 2 is 2.12 bits per heavy atom. The Bertz CT molecular complexity index is 1200. The molecule has 2 heterocycles. The van der Waals surface area contributed by atoms with Gasteiger partial charge in [-0.15, -0.1) is 0 Å². The van der Waals surface area contributed by atoms with Crippen molar-refractivity contribution in [1.82, 2.24) is 9.88 Å². The van der Waals surface area contributed by atoms with Crippen LogP contribution in [0.4, 0.5) is 11.7 Å². The van der Waals surface area contributed by atoms with Gasteiger partial charge in [0, 0.05) is 37.7 Å². The Kier molecular flexibility index (Phi) is 6.52. The number of nitrogens with zero attached hydrogens (tertiary/aromatic N) is 4. The van der Waals surface area contributed by atoms with E-state index in [2.05, 4.69) is 52.4 Å². The highest BCUT2D eigenvalue weighted by Crippen LogP contribution is 2.44. The molecule has 0 amide bonds. The fourth-order valence-electron chi connectivity index (χ4n) is 4.52. The summed E-state index contributed by atoms with van der Waals surface area (Å²) in [4.78, 5) is 20.0. The number of oxazole rings is 1. The summed E-state index contributed by atoms with van der Waals surface area (Å²) in [7, 11) is 4.19. The van der Waals surface area contributed by atoms with Crippen molar-refractivity contribution < 1.29 is 14.3 Å². The number of carbonyl (C=O) groups is 1. The molecule has 172 valence electrons. The first-order valence-electron chi connectivity index (χ1n) is 11.2. The zero-order valence-corrected chi connectivity index (χ0v) is 19.3. The van der Waals surface area contributed by atoms with Crippen molar-refractivity contribution in [2.45, 2.75) is 32.2 Å². The van der Waals surface area contributed by atoms with Gasteiger partial charge in [0.2, 0.25) is 0 Å². The normalized spacial score (nSPS) is 15.8. The lowest BCUT2D eigenvalue weighted by molar-refractivity contribution is -0.137. The average Bonchev–Trinajstić information content (AvgIpc) is 3.44. The van der Waals surface area contributed by atoms with E-state index in [1.807, 2.05) is 25.1 Å². The van der Waals surface area contributed by atoms with E-state index < -0.39 is 5.97 Å². The molecule has 0 bridgehead atoms. The Balaban J connectivity index is 1.85. The van der Waals surface area contributed by atoms with Gasteiger partial charge in [0.1, 0.15) is 11.6 Å². The number of carboxylic acid groups (broad SMARTS) is 1. The van der Waals surface area contributed by atoms with Crippen molar-refractivity contribution in [3.63, 3.8) is 0 Å². The number of carboxylic acids is 1. The molecule has 4 rings (SSSR count). The molecule has 8 nitrogen and oxygen atoms in total. The SMILES string of the molecule is Cc1c(-c2ccccc2)c(N2CC[C@H](N(C)C)C2)c2oc(NCCCC(=O)O)nc2c1C#N. The molecule has 1 fully saturated rings. The fraction of sp³-hybridized carbons (Fsp3) is 0.400. The molecule has 0 saturated carbocycles. The molecule has 0 radical (unpaired) electrons. The van der Waals surface area contributed by atoms with Gasteiger partial charge >= 0.3 is 5.97 Å². The van der Waals surface area contributed by atoms with Crippen LogP contribution in [0, 0.1) is 18.3 Å². The molecule has 1 aliphatic rings. The number of anilines is 2. The number of nitriles is 1. The summed E-state index contributed by atoms with van der Waals surface area (Å²) in [6.07, 6.45) is 1.56. The van der Waals surface area contributed by atoms with Crippen molar-refractivity contribution in [2.24, 2.45) is 0 Å². The smallest absolute Gasteiger partial charge is 0.303 e. The van der Waals surface area contributed by atoms with Crippen LogP contribution >= 0.6 is 0 Å². The summed E-state index contributed by atoms with van der Waals surface area (Å²) in [6.45, 7) is 4.13. The van der Waals surface area contributed by atoms with Crippen molar-refractivity contribution in [3.8, 4) is 17.2 Å². The molecule has 1 saturated heterocycles. The highest BCUT2D eigenvalue weighted by molar-refractivity contribution is 6.02. The molecule has 0 aliphatic carbocycles. The molecule has 1 aromatic heterocycles. The predicted octanol–water partition coefficient (Wildman–Crippen LogP) is 4.09. The number of fused-ring (bicyclic) bond motifs is 1. The van der Waals surface area contributed by atoms with Gasteiger partial charge in [-0.2, -0.15) is 10.2 Å². The number of aliphatic carboxylic acids is 1. The van der Waals surface area contributed by atoms with E-state index in [1.54, 1.807) is 0 Å². The van der Waals surface area contributed by atoms with Crippen LogP contribution in [0.5, 0.6) is 0 Å². The van der Waals surface area contributed by atoms with Crippen LogP contribution < -0.4 is 10.2 Å². The lowest BCUT2D eigenvalue weighted by Gasteiger charge is -2.25. The van der Waals surface area contributed by atoms with E-state index in [1.165, 1.54) is 0 Å². The fourth-order valence-corrected chi connectivity index (χ4v) is 4.52. The van der Waals surface area contributed by atoms with Gasteiger partial charge in [0.15, 0.2) is 5.58 Å². The van der Waals surface area contributed by atoms with Crippen LogP contribution in [0.25, 0.3) is 22.2 Å². The first-order valence-corrected chi connectivity index (χ1v) is 11.2.